The van der Waals surface area contributed by atoms with E-state index in [2.05, 4.69) is 34.1 Å². The van der Waals surface area contributed by atoms with Crippen LogP contribution in [0.25, 0.3) is 39.8 Å². The molecule has 0 unspecified atom stereocenters. The first-order valence-electron chi connectivity index (χ1n) is 9.13. The number of aryl methyl sites for hydroxylation is 2. The number of imidazole rings is 1. The molecule has 0 aliphatic carbocycles. The fourth-order valence-electron chi connectivity index (χ4n) is 3.26. The first-order chi connectivity index (χ1) is 14.1. The van der Waals surface area contributed by atoms with Crippen LogP contribution in [0.4, 0.5) is 5.82 Å². The minimum atomic E-state index is 0. The molecule has 0 aliphatic rings. The monoisotopic (exact) mass is 398 g/mol. The SMILES string of the molecule is C.Cc1ccc(-n2c(-c3cccnc3N)nc3ccc(-c4ncn(C)n4)nc32)cc1. The van der Waals surface area contributed by atoms with Crippen molar-refractivity contribution in [3.8, 4) is 28.6 Å². The lowest BCUT2D eigenvalue weighted by Gasteiger charge is -2.10. The minimum Gasteiger partial charge on any atom is -0.383 e. The summed E-state index contributed by atoms with van der Waals surface area (Å²) in [5.41, 5.74) is 11.2. The maximum absolute atomic E-state index is 6.16. The molecule has 8 nitrogen and oxygen atoms in total. The van der Waals surface area contributed by atoms with Crippen molar-refractivity contribution in [2.24, 2.45) is 7.05 Å². The summed E-state index contributed by atoms with van der Waals surface area (Å²) in [6.45, 7) is 2.05. The van der Waals surface area contributed by atoms with Crippen molar-refractivity contribution in [2.75, 3.05) is 5.73 Å². The predicted molar refractivity (Wildman–Crippen MR) is 118 cm³/mol. The fourth-order valence-corrected chi connectivity index (χ4v) is 3.26. The molecule has 0 amide bonds. The van der Waals surface area contributed by atoms with Crippen molar-refractivity contribution in [1.82, 2.24) is 34.3 Å². The van der Waals surface area contributed by atoms with Crippen molar-refractivity contribution in [3.63, 3.8) is 0 Å². The average molecular weight is 398 g/mol. The third-order valence-electron chi connectivity index (χ3n) is 4.70. The van der Waals surface area contributed by atoms with Crippen LogP contribution in [0.15, 0.2) is 61.1 Å². The smallest absolute Gasteiger partial charge is 0.199 e. The molecule has 0 spiro atoms. The van der Waals surface area contributed by atoms with Gasteiger partial charge in [-0.2, -0.15) is 0 Å². The molecule has 4 heterocycles. The molecule has 5 aromatic rings. The van der Waals surface area contributed by atoms with Crippen LogP contribution >= 0.6 is 0 Å². The summed E-state index contributed by atoms with van der Waals surface area (Å²) >= 11 is 0. The Morgan fingerprint density at radius 2 is 1.73 bits per heavy atom. The molecule has 2 N–H and O–H groups in total. The lowest BCUT2D eigenvalue weighted by atomic mass is 10.2. The number of fused-ring (bicyclic) bond motifs is 1. The molecule has 1 aromatic carbocycles. The molecule has 30 heavy (non-hydrogen) atoms. The fraction of sp³-hybridized carbons (Fsp3) is 0.136. The van der Waals surface area contributed by atoms with Crippen molar-refractivity contribution >= 4 is 17.0 Å². The highest BCUT2D eigenvalue weighted by Crippen LogP contribution is 2.31. The Morgan fingerprint density at radius 1 is 0.933 bits per heavy atom. The third kappa shape index (κ3) is 3.18. The number of hydrogen-bond acceptors (Lipinski definition) is 6. The van der Waals surface area contributed by atoms with E-state index in [1.54, 1.807) is 17.2 Å². The number of aromatic nitrogens is 7. The molecular formula is C22H22N8. The number of rotatable bonds is 3. The van der Waals surface area contributed by atoms with Gasteiger partial charge in [-0.3, -0.25) is 9.25 Å². The second-order valence-electron chi connectivity index (χ2n) is 6.82. The van der Waals surface area contributed by atoms with E-state index < -0.39 is 0 Å². The van der Waals surface area contributed by atoms with Crippen molar-refractivity contribution in [3.05, 3.63) is 66.6 Å². The molecule has 0 saturated heterocycles. The average Bonchev–Trinajstić information content (AvgIpc) is 3.32. The number of pyridine rings is 2. The van der Waals surface area contributed by atoms with Gasteiger partial charge in [-0.25, -0.2) is 19.9 Å². The summed E-state index contributed by atoms with van der Waals surface area (Å²) in [5.74, 6) is 1.67. The molecule has 0 radical (unpaired) electrons. The van der Waals surface area contributed by atoms with Gasteiger partial charge >= 0.3 is 0 Å². The van der Waals surface area contributed by atoms with E-state index in [4.69, 9.17) is 15.7 Å². The summed E-state index contributed by atoms with van der Waals surface area (Å²) in [6, 6.07) is 15.8. The Kier molecular flexibility index (Phi) is 4.75. The van der Waals surface area contributed by atoms with Crippen molar-refractivity contribution in [2.45, 2.75) is 14.4 Å². The van der Waals surface area contributed by atoms with Crippen LogP contribution in [0, 0.1) is 6.92 Å². The molecular weight excluding hydrogens is 376 g/mol. The lowest BCUT2D eigenvalue weighted by Crippen LogP contribution is -2.02. The largest absolute Gasteiger partial charge is 0.383 e. The highest BCUT2D eigenvalue weighted by molar-refractivity contribution is 5.84. The quantitative estimate of drug-likeness (QED) is 0.496. The standard InChI is InChI=1S/C21H18N8.CH4/c1-13-5-7-14(8-6-13)29-20(15-4-3-11-23-18(15)22)26-17-10-9-16(25-21(17)29)19-24-12-28(2)27-19;/h3-12H,1-2H3,(H2,22,23);1H4. The van der Waals surface area contributed by atoms with Gasteiger partial charge in [-0.15, -0.1) is 5.10 Å². The summed E-state index contributed by atoms with van der Waals surface area (Å²) < 4.78 is 3.65. The number of benzene rings is 1. The molecule has 0 atom stereocenters. The molecule has 150 valence electrons. The van der Waals surface area contributed by atoms with Gasteiger partial charge in [-0.05, 0) is 43.3 Å². The normalized spacial score (nSPS) is 10.9. The highest BCUT2D eigenvalue weighted by Gasteiger charge is 2.19. The first-order valence-corrected chi connectivity index (χ1v) is 9.13. The van der Waals surface area contributed by atoms with Gasteiger partial charge in [0.25, 0.3) is 0 Å². The molecule has 0 saturated carbocycles. The van der Waals surface area contributed by atoms with Crippen LogP contribution in [0.3, 0.4) is 0 Å². The Bertz CT molecular complexity index is 1330. The van der Waals surface area contributed by atoms with E-state index in [1.807, 2.05) is 48.0 Å². The molecule has 8 heteroatoms. The number of anilines is 1. The van der Waals surface area contributed by atoms with Gasteiger partial charge in [-0.1, -0.05) is 25.1 Å². The van der Waals surface area contributed by atoms with Gasteiger partial charge in [0.05, 0.1) is 5.56 Å². The van der Waals surface area contributed by atoms with Crippen LogP contribution in [-0.2, 0) is 7.05 Å². The van der Waals surface area contributed by atoms with Gasteiger partial charge in [0, 0.05) is 18.9 Å². The van der Waals surface area contributed by atoms with E-state index in [9.17, 15) is 0 Å². The van der Waals surface area contributed by atoms with Crippen LogP contribution in [0.1, 0.15) is 13.0 Å². The molecule has 0 aliphatic heterocycles. The Labute approximate surface area is 174 Å². The van der Waals surface area contributed by atoms with Gasteiger partial charge in [0.15, 0.2) is 17.3 Å². The van der Waals surface area contributed by atoms with E-state index in [1.165, 1.54) is 5.56 Å². The third-order valence-corrected chi connectivity index (χ3v) is 4.70. The predicted octanol–water partition coefficient (Wildman–Crippen LogP) is 3.80. The van der Waals surface area contributed by atoms with Crippen molar-refractivity contribution in [1.29, 1.82) is 0 Å². The Hall–Kier alpha value is -4.07. The second kappa shape index (κ2) is 7.40. The zero-order chi connectivity index (χ0) is 20.0. The number of nitrogens with zero attached hydrogens (tertiary/aromatic N) is 7. The molecule has 0 fully saturated rings. The maximum Gasteiger partial charge on any atom is 0.199 e. The topological polar surface area (TPSA) is 100 Å². The molecule has 4 aromatic heterocycles. The zero-order valence-electron chi connectivity index (χ0n) is 16.0. The summed E-state index contributed by atoms with van der Waals surface area (Å²) in [5, 5.41) is 4.36. The highest BCUT2D eigenvalue weighted by atomic mass is 15.3. The summed E-state index contributed by atoms with van der Waals surface area (Å²) in [4.78, 5) is 18.2. The maximum atomic E-state index is 6.16. The van der Waals surface area contributed by atoms with Gasteiger partial charge in [0.2, 0.25) is 0 Å². The number of nitrogen functional groups attached to an aromatic ring is 1. The summed E-state index contributed by atoms with van der Waals surface area (Å²) in [6.07, 6.45) is 3.32. The van der Waals surface area contributed by atoms with Crippen LogP contribution in [-0.4, -0.2) is 34.3 Å². The van der Waals surface area contributed by atoms with Crippen LogP contribution < -0.4 is 5.73 Å². The molecule has 5 rings (SSSR count). The van der Waals surface area contributed by atoms with Crippen LogP contribution in [0.5, 0.6) is 0 Å². The van der Waals surface area contributed by atoms with Gasteiger partial charge < -0.3 is 5.73 Å². The number of nitrogens with two attached hydrogens (primary N) is 1. The van der Waals surface area contributed by atoms with Gasteiger partial charge in [0.1, 0.15) is 23.4 Å². The Morgan fingerprint density at radius 3 is 2.43 bits per heavy atom. The summed E-state index contributed by atoms with van der Waals surface area (Å²) in [7, 11) is 1.83. The van der Waals surface area contributed by atoms with E-state index in [0.29, 0.717) is 28.8 Å². The van der Waals surface area contributed by atoms with E-state index >= 15 is 0 Å². The van der Waals surface area contributed by atoms with E-state index in [0.717, 1.165) is 16.8 Å². The van der Waals surface area contributed by atoms with E-state index in [-0.39, 0.29) is 7.43 Å². The second-order valence-corrected chi connectivity index (χ2v) is 6.82. The van der Waals surface area contributed by atoms with Crippen molar-refractivity contribution < 1.29 is 0 Å². The molecule has 0 bridgehead atoms. The zero-order valence-corrected chi connectivity index (χ0v) is 16.0. The minimum absolute atomic E-state index is 0. The number of hydrogen-bond donors (Lipinski definition) is 1. The first kappa shape index (κ1) is 19.3. The Balaban J connectivity index is 0.00000218. The lowest BCUT2D eigenvalue weighted by molar-refractivity contribution is 0.767. The van der Waals surface area contributed by atoms with Crippen LogP contribution in [0.2, 0.25) is 0 Å².